The van der Waals surface area contributed by atoms with E-state index in [4.69, 9.17) is 0 Å². The zero-order chi connectivity index (χ0) is 11.6. The first-order valence-corrected chi connectivity index (χ1v) is 5.20. The third kappa shape index (κ3) is 3.76. The second-order valence-electron chi connectivity index (χ2n) is 3.91. The van der Waals surface area contributed by atoms with Crippen LogP contribution in [0.2, 0.25) is 0 Å². The Kier molecular flexibility index (Phi) is 3.67. The Bertz CT molecular complexity index is 340. The molecule has 0 saturated heterocycles. The van der Waals surface area contributed by atoms with Gasteiger partial charge < -0.3 is 10.4 Å². The number of rotatable bonds is 3. The Morgan fingerprint density at radius 1 is 1.33 bits per heavy atom. The highest BCUT2D eigenvalue weighted by atomic mass is 79.9. The van der Waals surface area contributed by atoms with Crippen LogP contribution in [-0.2, 0) is 0 Å². The van der Waals surface area contributed by atoms with Crippen LogP contribution in [0.25, 0.3) is 0 Å². The Balaban J connectivity index is 2.86. The summed E-state index contributed by atoms with van der Waals surface area (Å²) in [5.74, 6) is -1.38. The molecule has 15 heavy (non-hydrogen) atoms. The van der Waals surface area contributed by atoms with Crippen LogP contribution in [0.5, 0.6) is 0 Å². The van der Waals surface area contributed by atoms with E-state index in [-0.39, 0.29) is 12.2 Å². The fourth-order valence-corrected chi connectivity index (χ4v) is 1.42. The lowest BCUT2D eigenvalue weighted by Crippen LogP contribution is -2.29. The zero-order valence-corrected chi connectivity index (χ0v) is 10.0. The van der Waals surface area contributed by atoms with E-state index in [9.17, 15) is 13.9 Å². The molecule has 1 aromatic carbocycles. The van der Waals surface area contributed by atoms with Gasteiger partial charge in [-0.25, -0.2) is 8.78 Å². The zero-order valence-electron chi connectivity index (χ0n) is 8.44. The monoisotopic (exact) mass is 279 g/mol. The minimum Gasteiger partial charge on any atom is -0.389 e. The number of anilines is 1. The Labute approximate surface area is 95.4 Å². The Hall–Kier alpha value is -0.680. The van der Waals surface area contributed by atoms with Crippen molar-refractivity contribution < 1.29 is 13.9 Å². The molecule has 0 aliphatic rings. The number of hydrogen-bond donors (Lipinski definition) is 2. The van der Waals surface area contributed by atoms with Gasteiger partial charge >= 0.3 is 0 Å². The highest BCUT2D eigenvalue weighted by Crippen LogP contribution is 2.24. The highest BCUT2D eigenvalue weighted by molar-refractivity contribution is 9.10. The molecule has 0 spiro atoms. The van der Waals surface area contributed by atoms with Gasteiger partial charge in [0.05, 0.1) is 5.60 Å². The number of halogens is 3. The molecule has 1 rings (SSSR count). The molecule has 0 saturated carbocycles. The molecule has 5 heteroatoms. The molecule has 84 valence electrons. The van der Waals surface area contributed by atoms with Gasteiger partial charge in [0, 0.05) is 11.0 Å². The van der Waals surface area contributed by atoms with Gasteiger partial charge in [-0.05, 0) is 26.0 Å². The van der Waals surface area contributed by atoms with Crippen molar-refractivity contribution in [1.82, 2.24) is 0 Å². The fraction of sp³-hybridized carbons (Fsp3) is 0.400. The first-order chi connectivity index (χ1) is 6.79. The summed E-state index contributed by atoms with van der Waals surface area (Å²) in [6.07, 6.45) is 0. The van der Waals surface area contributed by atoms with Gasteiger partial charge in [0.1, 0.15) is 17.3 Å². The van der Waals surface area contributed by atoms with Gasteiger partial charge in [0.2, 0.25) is 0 Å². The standard InChI is InChI=1S/C10H12BrF2NO/c1-10(2,15)5-14-9-7(12)3-6(11)4-8(9)13/h3-4,14-15H,5H2,1-2H3. The van der Waals surface area contributed by atoms with Crippen molar-refractivity contribution in [3.05, 3.63) is 28.2 Å². The van der Waals surface area contributed by atoms with Gasteiger partial charge in [0.25, 0.3) is 0 Å². The van der Waals surface area contributed by atoms with Crippen molar-refractivity contribution in [3.8, 4) is 0 Å². The average Bonchev–Trinajstić information content (AvgIpc) is 1.99. The molecule has 1 aromatic rings. The second kappa shape index (κ2) is 4.45. The number of benzene rings is 1. The summed E-state index contributed by atoms with van der Waals surface area (Å²) in [4.78, 5) is 0. The number of nitrogens with one attached hydrogen (secondary N) is 1. The van der Waals surface area contributed by atoms with E-state index < -0.39 is 17.2 Å². The molecular formula is C10H12BrF2NO. The number of aliphatic hydroxyl groups is 1. The Morgan fingerprint density at radius 3 is 2.20 bits per heavy atom. The molecule has 0 bridgehead atoms. The van der Waals surface area contributed by atoms with Crippen molar-refractivity contribution in [1.29, 1.82) is 0 Å². The van der Waals surface area contributed by atoms with Gasteiger partial charge in [-0.15, -0.1) is 0 Å². The first kappa shape index (κ1) is 12.4. The molecule has 2 N–H and O–H groups in total. The van der Waals surface area contributed by atoms with Crippen LogP contribution in [0.3, 0.4) is 0 Å². The van der Waals surface area contributed by atoms with E-state index >= 15 is 0 Å². The maximum Gasteiger partial charge on any atom is 0.150 e. The Morgan fingerprint density at radius 2 is 1.80 bits per heavy atom. The number of hydrogen-bond acceptors (Lipinski definition) is 2. The van der Waals surface area contributed by atoms with E-state index in [2.05, 4.69) is 21.2 Å². The predicted molar refractivity (Wildman–Crippen MR) is 58.8 cm³/mol. The molecule has 0 aliphatic carbocycles. The lowest BCUT2D eigenvalue weighted by Gasteiger charge is -2.19. The highest BCUT2D eigenvalue weighted by Gasteiger charge is 2.15. The van der Waals surface area contributed by atoms with Crippen LogP contribution in [0.1, 0.15) is 13.8 Å². The maximum absolute atomic E-state index is 13.3. The van der Waals surface area contributed by atoms with Crippen LogP contribution < -0.4 is 5.32 Å². The van der Waals surface area contributed by atoms with Gasteiger partial charge in [0.15, 0.2) is 0 Å². The molecule has 2 nitrogen and oxygen atoms in total. The molecule has 0 aliphatic heterocycles. The molecule has 0 heterocycles. The van der Waals surface area contributed by atoms with Crippen molar-refractivity contribution in [2.75, 3.05) is 11.9 Å². The molecule has 0 fully saturated rings. The molecule has 0 atom stereocenters. The summed E-state index contributed by atoms with van der Waals surface area (Å²) in [6, 6.07) is 2.32. The SMILES string of the molecule is CC(C)(O)CNc1c(F)cc(Br)cc1F. The molecular weight excluding hydrogens is 268 g/mol. The third-order valence-corrected chi connectivity index (χ3v) is 2.16. The maximum atomic E-state index is 13.3. The van der Waals surface area contributed by atoms with Crippen LogP contribution in [0.4, 0.5) is 14.5 Å². The van der Waals surface area contributed by atoms with E-state index in [1.54, 1.807) is 13.8 Å². The molecule has 0 unspecified atom stereocenters. The summed E-state index contributed by atoms with van der Waals surface area (Å²) >= 11 is 2.98. The summed E-state index contributed by atoms with van der Waals surface area (Å²) in [5.41, 5.74) is -1.24. The van der Waals surface area contributed by atoms with Crippen LogP contribution >= 0.6 is 15.9 Å². The minimum atomic E-state index is -1.02. The van der Waals surface area contributed by atoms with Crippen LogP contribution in [-0.4, -0.2) is 17.3 Å². The van der Waals surface area contributed by atoms with Crippen molar-refractivity contribution in [2.24, 2.45) is 0 Å². The van der Waals surface area contributed by atoms with E-state index in [0.717, 1.165) is 12.1 Å². The van der Waals surface area contributed by atoms with Gasteiger partial charge in [-0.1, -0.05) is 15.9 Å². The van der Waals surface area contributed by atoms with E-state index in [1.807, 2.05) is 0 Å². The van der Waals surface area contributed by atoms with Crippen LogP contribution in [0, 0.1) is 11.6 Å². The summed E-state index contributed by atoms with van der Waals surface area (Å²) in [5, 5.41) is 11.9. The molecule has 0 amide bonds. The molecule has 0 aromatic heterocycles. The summed E-state index contributed by atoms with van der Waals surface area (Å²) in [6.45, 7) is 3.17. The third-order valence-electron chi connectivity index (χ3n) is 1.70. The van der Waals surface area contributed by atoms with E-state index in [0.29, 0.717) is 4.47 Å². The first-order valence-electron chi connectivity index (χ1n) is 4.40. The van der Waals surface area contributed by atoms with Gasteiger partial charge in [-0.2, -0.15) is 0 Å². The minimum absolute atomic E-state index is 0.0719. The van der Waals surface area contributed by atoms with Crippen LogP contribution in [0.15, 0.2) is 16.6 Å². The largest absolute Gasteiger partial charge is 0.389 e. The average molecular weight is 280 g/mol. The molecule has 0 radical (unpaired) electrons. The lowest BCUT2D eigenvalue weighted by atomic mass is 10.1. The fourth-order valence-electron chi connectivity index (χ4n) is 1.02. The van der Waals surface area contributed by atoms with Crippen molar-refractivity contribution >= 4 is 21.6 Å². The van der Waals surface area contributed by atoms with Crippen molar-refractivity contribution in [2.45, 2.75) is 19.4 Å². The van der Waals surface area contributed by atoms with Gasteiger partial charge in [-0.3, -0.25) is 0 Å². The van der Waals surface area contributed by atoms with Crippen molar-refractivity contribution in [3.63, 3.8) is 0 Å². The lowest BCUT2D eigenvalue weighted by molar-refractivity contribution is 0.0944. The summed E-state index contributed by atoms with van der Waals surface area (Å²) in [7, 11) is 0. The summed E-state index contributed by atoms with van der Waals surface area (Å²) < 4.78 is 26.9. The quantitative estimate of drug-likeness (QED) is 0.892. The van der Waals surface area contributed by atoms with E-state index in [1.165, 1.54) is 0 Å². The second-order valence-corrected chi connectivity index (χ2v) is 4.83. The smallest absolute Gasteiger partial charge is 0.150 e. The normalized spacial score (nSPS) is 11.6. The topological polar surface area (TPSA) is 32.3 Å². The predicted octanol–water partition coefficient (Wildman–Crippen LogP) is 2.91.